The molecule has 0 bridgehead atoms. The highest BCUT2D eigenvalue weighted by Gasteiger charge is 2.34. The molecule has 1 atom stereocenters. The quantitative estimate of drug-likeness (QED) is 0.749. The zero-order valence-corrected chi connectivity index (χ0v) is 16.9. The molecule has 1 aliphatic heterocycles. The van der Waals surface area contributed by atoms with Crippen molar-refractivity contribution >= 4 is 10.0 Å². The summed E-state index contributed by atoms with van der Waals surface area (Å²) in [5.74, 6) is 0.526. The molecule has 2 rings (SSSR count). The first-order valence-corrected chi connectivity index (χ1v) is 10.8. The molecule has 1 heterocycles. The molecule has 1 fully saturated rings. The van der Waals surface area contributed by atoms with E-state index >= 15 is 0 Å². The van der Waals surface area contributed by atoms with Gasteiger partial charge in [-0.3, -0.25) is 4.90 Å². The van der Waals surface area contributed by atoms with Crippen LogP contribution < -0.4 is 4.72 Å². The fourth-order valence-electron chi connectivity index (χ4n) is 3.55. The maximum Gasteiger partial charge on any atom is 0.401 e. The Kier molecular flexibility index (Phi) is 7.33. The molecule has 0 saturated carbocycles. The van der Waals surface area contributed by atoms with E-state index in [1.807, 2.05) is 12.1 Å². The highest BCUT2D eigenvalue weighted by atomic mass is 32.2. The highest BCUT2D eigenvalue weighted by molar-refractivity contribution is 7.89. The lowest BCUT2D eigenvalue weighted by Crippen LogP contribution is -2.45. The van der Waals surface area contributed by atoms with Gasteiger partial charge in [-0.2, -0.15) is 13.2 Å². The predicted molar refractivity (Wildman–Crippen MR) is 100.0 cm³/mol. The molecule has 4 nitrogen and oxygen atoms in total. The summed E-state index contributed by atoms with van der Waals surface area (Å²) >= 11 is 0. The van der Waals surface area contributed by atoms with Crippen LogP contribution in [-0.2, 0) is 16.4 Å². The van der Waals surface area contributed by atoms with Crippen molar-refractivity contribution in [3.05, 3.63) is 29.8 Å². The lowest BCUT2D eigenvalue weighted by atomic mass is 9.91. The molecule has 0 radical (unpaired) electrons. The Balaban J connectivity index is 1.92. The molecule has 0 aromatic heterocycles. The van der Waals surface area contributed by atoms with E-state index < -0.39 is 22.7 Å². The van der Waals surface area contributed by atoms with Crippen LogP contribution in [0.4, 0.5) is 13.2 Å². The predicted octanol–water partition coefficient (Wildman–Crippen LogP) is 3.83. The van der Waals surface area contributed by atoms with Gasteiger partial charge in [-0.15, -0.1) is 0 Å². The van der Waals surface area contributed by atoms with Gasteiger partial charge < -0.3 is 0 Å². The van der Waals surface area contributed by atoms with Gasteiger partial charge in [0.1, 0.15) is 0 Å². The first-order chi connectivity index (χ1) is 12.5. The smallest absolute Gasteiger partial charge is 0.295 e. The molecule has 1 aliphatic rings. The summed E-state index contributed by atoms with van der Waals surface area (Å²) in [5.41, 5.74) is 1.09. The maximum atomic E-state index is 12.6. The second-order valence-corrected chi connectivity index (χ2v) is 9.59. The maximum absolute atomic E-state index is 12.6. The zero-order valence-electron chi connectivity index (χ0n) is 16.1. The molecule has 1 saturated heterocycles. The van der Waals surface area contributed by atoms with Crippen LogP contribution in [0.5, 0.6) is 0 Å². The van der Waals surface area contributed by atoms with Gasteiger partial charge in [0.2, 0.25) is 10.0 Å². The number of benzene rings is 1. The number of halogens is 3. The summed E-state index contributed by atoms with van der Waals surface area (Å²) in [6.45, 7) is 5.76. The van der Waals surface area contributed by atoms with E-state index in [9.17, 15) is 21.6 Å². The van der Waals surface area contributed by atoms with Gasteiger partial charge in [-0.1, -0.05) is 26.0 Å². The number of nitrogens with one attached hydrogen (secondary N) is 1. The number of hydrogen-bond donors (Lipinski definition) is 1. The number of likely N-dealkylation sites (tertiary alicyclic amines) is 1. The Morgan fingerprint density at radius 3 is 2.15 bits per heavy atom. The van der Waals surface area contributed by atoms with Crippen molar-refractivity contribution in [1.82, 2.24) is 9.62 Å². The average molecular weight is 407 g/mol. The third kappa shape index (κ3) is 7.08. The van der Waals surface area contributed by atoms with E-state index in [-0.39, 0.29) is 16.9 Å². The van der Waals surface area contributed by atoms with Crippen molar-refractivity contribution < 1.29 is 21.6 Å². The first kappa shape index (κ1) is 22.2. The molecule has 0 spiro atoms. The largest absolute Gasteiger partial charge is 0.401 e. The molecule has 1 N–H and O–H groups in total. The van der Waals surface area contributed by atoms with Crippen molar-refractivity contribution in [2.24, 2.45) is 11.8 Å². The normalized spacial score (nSPS) is 18.8. The van der Waals surface area contributed by atoms with Crippen LogP contribution in [0, 0.1) is 11.8 Å². The van der Waals surface area contributed by atoms with Gasteiger partial charge >= 0.3 is 6.18 Å². The minimum atomic E-state index is -4.19. The lowest BCUT2D eigenvalue weighted by molar-refractivity contribution is -0.148. The Bertz CT molecular complexity index is 695. The minimum absolute atomic E-state index is 0.0319. The second-order valence-electron chi connectivity index (χ2n) is 7.88. The monoisotopic (exact) mass is 406 g/mol. The third-order valence-electron chi connectivity index (χ3n) is 4.96. The highest BCUT2D eigenvalue weighted by Crippen LogP contribution is 2.25. The number of rotatable bonds is 7. The SMILES string of the molecule is CC(C)Cc1ccc(S(=O)(=O)NC(C)C2CCN(CC(F)(F)F)CC2)cc1. The zero-order chi connectivity index (χ0) is 20.2. The van der Waals surface area contributed by atoms with Gasteiger partial charge in [0, 0.05) is 6.04 Å². The van der Waals surface area contributed by atoms with E-state index in [1.54, 1.807) is 19.1 Å². The molecule has 27 heavy (non-hydrogen) atoms. The van der Waals surface area contributed by atoms with Crippen molar-refractivity contribution in [2.75, 3.05) is 19.6 Å². The van der Waals surface area contributed by atoms with Gasteiger partial charge in [-0.25, -0.2) is 13.1 Å². The first-order valence-electron chi connectivity index (χ1n) is 9.36. The molecular formula is C19H29F3N2O2S. The van der Waals surface area contributed by atoms with E-state index in [0.29, 0.717) is 31.8 Å². The summed E-state index contributed by atoms with van der Waals surface area (Å²) in [4.78, 5) is 1.60. The Labute approximate surface area is 160 Å². The second kappa shape index (κ2) is 8.92. The molecule has 154 valence electrons. The van der Waals surface area contributed by atoms with Gasteiger partial charge in [0.15, 0.2) is 0 Å². The van der Waals surface area contributed by atoms with Crippen LogP contribution in [-0.4, -0.2) is 45.2 Å². The van der Waals surface area contributed by atoms with Gasteiger partial charge in [0.25, 0.3) is 0 Å². The Hall–Kier alpha value is -1.12. The lowest BCUT2D eigenvalue weighted by Gasteiger charge is -2.35. The summed E-state index contributed by atoms with van der Waals surface area (Å²) in [7, 11) is -3.64. The average Bonchev–Trinajstić information content (AvgIpc) is 2.53. The van der Waals surface area contributed by atoms with Crippen LogP contribution >= 0.6 is 0 Å². The standard InChI is InChI=1S/C19H29F3N2O2S/c1-14(2)12-16-4-6-18(7-5-16)27(25,26)23-15(3)17-8-10-24(11-9-17)13-19(20,21)22/h4-7,14-15,17,23H,8-13H2,1-3H3. The molecule has 1 aromatic rings. The minimum Gasteiger partial charge on any atom is -0.295 e. The summed E-state index contributed by atoms with van der Waals surface area (Å²) in [6, 6.07) is 6.56. The molecule has 0 amide bonds. The fourth-order valence-corrected chi connectivity index (χ4v) is 4.86. The Morgan fingerprint density at radius 1 is 1.11 bits per heavy atom. The molecule has 8 heteroatoms. The summed E-state index contributed by atoms with van der Waals surface area (Å²) in [5, 5.41) is 0. The van der Waals surface area contributed by atoms with Crippen LogP contribution in [0.2, 0.25) is 0 Å². The topological polar surface area (TPSA) is 49.4 Å². The summed E-state index contributed by atoms with van der Waals surface area (Å²) < 4.78 is 65.3. The van der Waals surface area contributed by atoms with Crippen molar-refractivity contribution in [3.8, 4) is 0 Å². The molecule has 1 unspecified atom stereocenters. The van der Waals surface area contributed by atoms with Gasteiger partial charge in [-0.05, 0) is 68.8 Å². The molecule has 0 aliphatic carbocycles. The van der Waals surface area contributed by atoms with Gasteiger partial charge in [0.05, 0.1) is 11.4 Å². The van der Waals surface area contributed by atoms with Crippen LogP contribution in [0.15, 0.2) is 29.2 Å². The number of hydrogen-bond acceptors (Lipinski definition) is 3. The number of sulfonamides is 1. The summed E-state index contributed by atoms with van der Waals surface area (Å²) in [6.07, 6.45) is -2.21. The molecular weight excluding hydrogens is 377 g/mol. The van der Waals surface area contributed by atoms with E-state index in [1.165, 1.54) is 4.90 Å². The molecule has 1 aromatic carbocycles. The van der Waals surface area contributed by atoms with Crippen LogP contribution in [0.25, 0.3) is 0 Å². The van der Waals surface area contributed by atoms with Crippen molar-refractivity contribution in [2.45, 2.75) is 57.1 Å². The van der Waals surface area contributed by atoms with E-state index in [4.69, 9.17) is 0 Å². The van der Waals surface area contributed by atoms with Crippen LogP contribution in [0.1, 0.15) is 39.2 Å². The Morgan fingerprint density at radius 2 is 1.67 bits per heavy atom. The van der Waals surface area contributed by atoms with E-state index in [0.717, 1.165) is 12.0 Å². The number of piperidine rings is 1. The fraction of sp³-hybridized carbons (Fsp3) is 0.684. The number of alkyl halides is 3. The van der Waals surface area contributed by atoms with Crippen molar-refractivity contribution in [1.29, 1.82) is 0 Å². The van der Waals surface area contributed by atoms with Crippen molar-refractivity contribution in [3.63, 3.8) is 0 Å². The third-order valence-corrected chi connectivity index (χ3v) is 6.54. The number of nitrogens with zero attached hydrogens (tertiary/aromatic N) is 1. The van der Waals surface area contributed by atoms with E-state index in [2.05, 4.69) is 18.6 Å². The van der Waals surface area contributed by atoms with Crippen LogP contribution in [0.3, 0.4) is 0 Å².